The average Bonchev–Trinajstić information content (AvgIpc) is 2.34. The van der Waals surface area contributed by atoms with Crippen LogP contribution in [0.5, 0.6) is 0 Å². The van der Waals surface area contributed by atoms with Crippen LogP contribution in [0.1, 0.15) is 22.8 Å². The smallest absolute Gasteiger partial charge is 0.330 e. The summed E-state index contributed by atoms with van der Waals surface area (Å²) >= 11 is 0. The van der Waals surface area contributed by atoms with E-state index in [9.17, 15) is 18.0 Å². The van der Waals surface area contributed by atoms with Gasteiger partial charge >= 0.3 is 6.18 Å². The third kappa shape index (κ3) is 3.77. The van der Waals surface area contributed by atoms with E-state index in [0.29, 0.717) is 10.5 Å². The van der Waals surface area contributed by atoms with Gasteiger partial charge in [-0.25, -0.2) is 0 Å². The Labute approximate surface area is 102 Å². The third-order valence-electron chi connectivity index (χ3n) is 2.30. The van der Waals surface area contributed by atoms with E-state index in [1.165, 1.54) is 31.2 Å². The predicted molar refractivity (Wildman–Crippen MR) is 58.8 cm³/mol. The Balaban J connectivity index is 2.87. The molecule has 0 saturated heterocycles. The van der Waals surface area contributed by atoms with Crippen molar-refractivity contribution in [3.8, 4) is 6.07 Å². The van der Waals surface area contributed by atoms with Gasteiger partial charge in [-0.1, -0.05) is 0 Å². The zero-order valence-electron chi connectivity index (χ0n) is 9.66. The number of hydrogen-bond donors (Lipinski definition) is 0. The maximum Gasteiger partial charge on any atom is 0.406 e. The molecule has 0 fully saturated rings. The van der Waals surface area contributed by atoms with Crippen LogP contribution in [0.15, 0.2) is 24.3 Å². The summed E-state index contributed by atoms with van der Waals surface area (Å²) in [5, 5.41) is 8.58. The van der Waals surface area contributed by atoms with Gasteiger partial charge in [0.05, 0.1) is 11.6 Å². The summed E-state index contributed by atoms with van der Waals surface area (Å²) in [7, 11) is 0. The molecule has 96 valence electrons. The molecule has 0 aliphatic rings. The van der Waals surface area contributed by atoms with E-state index in [-0.39, 0.29) is 12.1 Å². The maximum atomic E-state index is 12.3. The lowest BCUT2D eigenvalue weighted by molar-refractivity contribution is -0.140. The highest BCUT2D eigenvalue weighted by Crippen LogP contribution is 2.18. The number of amides is 1. The Hall–Kier alpha value is -2.03. The van der Waals surface area contributed by atoms with Crippen LogP contribution in [-0.2, 0) is 0 Å². The van der Waals surface area contributed by atoms with Gasteiger partial charge in [-0.2, -0.15) is 18.4 Å². The van der Waals surface area contributed by atoms with E-state index >= 15 is 0 Å². The summed E-state index contributed by atoms with van der Waals surface area (Å²) in [6.07, 6.45) is -4.42. The molecule has 0 heterocycles. The summed E-state index contributed by atoms with van der Waals surface area (Å²) in [6, 6.07) is 7.36. The molecule has 0 N–H and O–H groups in total. The number of nitrogens with zero attached hydrogens (tertiary/aromatic N) is 2. The standard InChI is InChI=1S/C12H11F3N2O/c1-2-17(8-12(13,14)15)11(18)10-5-3-9(7-16)4-6-10/h3-6H,2,8H2,1H3. The molecule has 0 radical (unpaired) electrons. The summed E-state index contributed by atoms with van der Waals surface area (Å²) in [6.45, 7) is 0.175. The molecule has 0 saturated carbocycles. The van der Waals surface area contributed by atoms with Crippen molar-refractivity contribution in [3.63, 3.8) is 0 Å². The van der Waals surface area contributed by atoms with E-state index in [0.717, 1.165) is 0 Å². The van der Waals surface area contributed by atoms with Crippen molar-refractivity contribution in [1.82, 2.24) is 4.90 Å². The van der Waals surface area contributed by atoms with Crippen molar-refractivity contribution in [2.75, 3.05) is 13.1 Å². The number of nitriles is 1. The van der Waals surface area contributed by atoms with E-state index in [1.54, 1.807) is 0 Å². The third-order valence-corrected chi connectivity index (χ3v) is 2.30. The first kappa shape index (κ1) is 14.0. The molecule has 0 spiro atoms. The number of carbonyl (C=O) groups is 1. The molecule has 1 rings (SSSR count). The monoisotopic (exact) mass is 256 g/mol. The molecule has 3 nitrogen and oxygen atoms in total. The van der Waals surface area contributed by atoms with Gasteiger partial charge in [0.1, 0.15) is 6.54 Å². The predicted octanol–water partition coefficient (Wildman–Crippen LogP) is 2.58. The van der Waals surface area contributed by atoms with Gasteiger partial charge in [-0.05, 0) is 31.2 Å². The first-order valence-corrected chi connectivity index (χ1v) is 5.23. The first-order chi connectivity index (χ1) is 8.37. The van der Waals surface area contributed by atoms with Crippen LogP contribution in [0.2, 0.25) is 0 Å². The number of benzene rings is 1. The molecule has 0 aliphatic heterocycles. The number of halogens is 3. The minimum absolute atomic E-state index is 0.0294. The Kier molecular flexibility index (Phi) is 4.32. The van der Waals surface area contributed by atoms with Crippen LogP contribution in [0.3, 0.4) is 0 Å². The van der Waals surface area contributed by atoms with Crippen molar-refractivity contribution >= 4 is 5.91 Å². The van der Waals surface area contributed by atoms with Crippen LogP contribution >= 0.6 is 0 Å². The zero-order chi connectivity index (χ0) is 13.8. The largest absolute Gasteiger partial charge is 0.406 e. The lowest BCUT2D eigenvalue weighted by atomic mass is 10.1. The quantitative estimate of drug-likeness (QED) is 0.834. The second-order valence-electron chi connectivity index (χ2n) is 3.62. The summed E-state index contributed by atoms with van der Waals surface area (Å²) in [5.74, 6) is -0.695. The lowest BCUT2D eigenvalue weighted by Gasteiger charge is -2.22. The number of carbonyl (C=O) groups excluding carboxylic acids is 1. The molecule has 6 heteroatoms. The topological polar surface area (TPSA) is 44.1 Å². The number of alkyl halides is 3. The first-order valence-electron chi connectivity index (χ1n) is 5.23. The Morgan fingerprint density at radius 1 is 1.33 bits per heavy atom. The normalized spacial score (nSPS) is 10.8. The van der Waals surface area contributed by atoms with Crippen molar-refractivity contribution in [2.24, 2.45) is 0 Å². The van der Waals surface area contributed by atoms with Crippen molar-refractivity contribution in [2.45, 2.75) is 13.1 Å². The van der Waals surface area contributed by atoms with Crippen LogP contribution < -0.4 is 0 Å². The molecule has 18 heavy (non-hydrogen) atoms. The van der Waals surface area contributed by atoms with Crippen molar-refractivity contribution in [1.29, 1.82) is 5.26 Å². The average molecular weight is 256 g/mol. The Bertz CT molecular complexity index is 460. The SMILES string of the molecule is CCN(CC(F)(F)F)C(=O)c1ccc(C#N)cc1. The van der Waals surface area contributed by atoms with Gasteiger partial charge < -0.3 is 4.90 Å². The van der Waals surface area contributed by atoms with Crippen molar-refractivity contribution < 1.29 is 18.0 Å². The van der Waals surface area contributed by atoms with Gasteiger partial charge in [0.15, 0.2) is 0 Å². The molecule has 0 bridgehead atoms. The van der Waals surface area contributed by atoms with Gasteiger partial charge in [0.2, 0.25) is 0 Å². The lowest BCUT2D eigenvalue weighted by Crippen LogP contribution is -2.38. The minimum Gasteiger partial charge on any atom is -0.330 e. The molecule has 0 atom stereocenters. The zero-order valence-corrected chi connectivity index (χ0v) is 9.66. The molecule has 1 aromatic carbocycles. The van der Waals surface area contributed by atoms with Crippen LogP contribution in [-0.4, -0.2) is 30.1 Å². The Morgan fingerprint density at radius 2 is 1.89 bits per heavy atom. The number of hydrogen-bond acceptors (Lipinski definition) is 2. The minimum atomic E-state index is -4.42. The van der Waals surface area contributed by atoms with Crippen LogP contribution in [0, 0.1) is 11.3 Å². The maximum absolute atomic E-state index is 12.3. The summed E-state index contributed by atoms with van der Waals surface area (Å²) in [4.78, 5) is 12.5. The van der Waals surface area contributed by atoms with Gasteiger partial charge in [0.25, 0.3) is 5.91 Å². The fraction of sp³-hybridized carbons (Fsp3) is 0.333. The van der Waals surface area contributed by atoms with Gasteiger partial charge in [0, 0.05) is 12.1 Å². The molecule has 0 aromatic heterocycles. The van der Waals surface area contributed by atoms with E-state index in [1.807, 2.05) is 6.07 Å². The highest BCUT2D eigenvalue weighted by Gasteiger charge is 2.32. The van der Waals surface area contributed by atoms with Crippen LogP contribution in [0.4, 0.5) is 13.2 Å². The fourth-order valence-electron chi connectivity index (χ4n) is 1.41. The van der Waals surface area contributed by atoms with E-state index in [2.05, 4.69) is 0 Å². The molecular formula is C12H11F3N2O. The Morgan fingerprint density at radius 3 is 2.28 bits per heavy atom. The second kappa shape index (κ2) is 5.54. The van der Waals surface area contributed by atoms with Gasteiger partial charge in [-0.3, -0.25) is 4.79 Å². The molecular weight excluding hydrogens is 245 g/mol. The molecule has 0 aliphatic carbocycles. The second-order valence-corrected chi connectivity index (χ2v) is 3.62. The molecule has 1 amide bonds. The van der Waals surface area contributed by atoms with Crippen molar-refractivity contribution in [3.05, 3.63) is 35.4 Å². The highest BCUT2D eigenvalue weighted by molar-refractivity contribution is 5.94. The van der Waals surface area contributed by atoms with E-state index in [4.69, 9.17) is 5.26 Å². The highest BCUT2D eigenvalue weighted by atomic mass is 19.4. The van der Waals surface area contributed by atoms with E-state index < -0.39 is 18.6 Å². The summed E-state index contributed by atoms with van der Waals surface area (Å²) in [5.41, 5.74) is 0.491. The van der Waals surface area contributed by atoms with Gasteiger partial charge in [-0.15, -0.1) is 0 Å². The molecule has 0 unspecified atom stereocenters. The fourth-order valence-corrected chi connectivity index (χ4v) is 1.41. The van der Waals surface area contributed by atoms with Crippen LogP contribution in [0.25, 0.3) is 0 Å². The number of rotatable bonds is 3. The summed E-state index contributed by atoms with van der Waals surface area (Å²) < 4.78 is 36.8. The molecule has 1 aromatic rings.